The molecule has 4 rings (SSSR count). The van der Waals surface area contributed by atoms with Gasteiger partial charge in [0.2, 0.25) is 0 Å². The van der Waals surface area contributed by atoms with Crippen LogP contribution in [0, 0.1) is 0 Å². The van der Waals surface area contributed by atoms with Crippen molar-refractivity contribution in [3.05, 3.63) is 95.3 Å². The lowest BCUT2D eigenvalue weighted by atomic mass is 10.1. The molecule has 1 aliphatic heterocycles. The van der Waals surface area contributed by atoms with Gasteiger partial charge in [-0.1, -0.05) is 42.5 Å². The summed E-state index contributed by atoms with van der Waals surface area (Å²) in [4.78, 5) is 11.1. The van der Waals surface area contributed by atoms with Crippen molar-refractivity contribution in [3.63, 3.8) is 0 Å². The molecule has 0 saturated carbocycles. The molecule has 0 unspecified atom stereocenters. The van der Waals surface area contributed by atoms with E-state index in [0.717, 1.165) is 36.1 Å². The van der Waals surface area contributed by atoms with Gasteiger partial charge in [-0.05, 0) is 66.9 Å². The van der Waals surface area contributed by atoms with Crippen LogP contribution in [0.3, 0.4) is 0 Å². The van der Waals surface area contributed by atoms with Crippen molar-refractivity contribution in [2.24, 2.45) is 4.99 Å². The zero-order chi connectivity index (χ0) is 22.7. The molecule has 0 spiro atoms. The number of benzene rings is 2. The summed E-state index contributed by atoms with van der Waals surface area (Å²) in [6.07, 6.45) is 4.44. The molecular formula is C27H34IN5O. The molecule has 0 amide bonds. The topological polar surface area (TPSA) is 61.8 Å². The first-order chi connectivity index (χ1) is 16.3. The van der Waals surface area contributed by atoms with Crippen LogP contribution in [0.15, 0.2) is 77.9 Å². The molecule has 2 aromatic carbocycles. The van der Waals surface area contributed by atoms with E-state index in [1.807, 2.05) is 30.3 Å². The number of nitrogens with zero attached hydrogens (tertiary/aromatic N) is 3. The zero-order valence-corrected chi connectivity index (χ0v) is 22.1. The fraction of sp³-hybridized carbons (Fsp3) is 0.333. The molecule has 1 aromatic heterocycles. The van der Waals surface area contributed by atoms with Crippen LogP contribution in [0.25, 0.3) is 0 Å². The highest BCUT2D eigenvalue weighted by Gasteiger charge is 2.11. The number of pyridine rings is 1. The second-order valence-corrected chi connectivity index (χ2v) is 8.33. The van der Waals surface area contributed by atoms with Crippen molar-refractivity contribution in [1.29, 1.82) is 0 Å². The molecule has 0 radical (unpaired) electrons. The van der Waals surface area contributed by atoms with E-state index in [1.165, 1.54) is 37.1 Å². The zero-order valence-electron chi connectivity index (χ0n) is 19.7. The summed E-state index contributed by atoms with van der Waals surface area (Å²) in [6, 6.07) is 22.8. The lowest BCUT2D eigenvalue weighted by molar-refractivity contribution is 0.301. The number of aliphatic imine (C=N–C) groups is 1. The molecule has 7 heteroatoms. The van der Waals surface area contributed by atoms with E-state index in [2.05, 4.69) is 61.9 Å². The second kappa shape index (κ2) is 13.9. The number of nitrogens with one attached hydrogen (secondary N) is 2. The van der Waals surface area contributed by atoms with Crippen LogP contribution in [0.2, 0.25) is 0 Å². The highest BCUT2D eigenvalue weighted by atomic mass is 127. The van der Waals surface area contributed by atoms with Gasteiger partial charge in [-0.15, -0.1) is 24.0 Å². The molecule has 1 fully saturated rings. The standard InChI is InChI=1S/C27H33N5O.HI/c1-28-27(30-18-22-7-9-24(10-8-22)20-32-16-4-5-17-32)31-19-23-11-13-26(14-12-23)33-21-25-6-2-3-15-29-25;/h2-3,6-15H,4-5,16-21H2,1H3,(H2,28,30,31);1H. The minimum Gasteiger partial charge on any atom is -0.487 e. The van der Waals surface area contributed by atoms with E-state index < -0.39 is 0 Å². The highest BCUT2D eigenvalue weighted by molar-refractivity contribution is 14.0. The molecular weight excluding hydrogens is 537 g/mol. The predicted octanol–water partition coefficient (Wildman–Crippen LogP) is 4.74. The Kier molecular flexibility index (Phi) is 10.6. The minimum atomic E-state index is 0. The SMILES string of the molecule is CN=C(NCc1ccc(CN2CCCC2)cc1)NCc1ccc(OCc2ccccn2)cc1.I. The molecule has 0 bridgehead atoms. The number of rotatable bonds is 9. The van der Waals surface area contributed by atoms with E-state index >= 15 is 0 Å². The van der Waals surface area contributed by atoms with Gasteiger partial charge in [-0.3, -0.25) is 14.9 Å². The summed E-state index contributed by atoms with van der Waals surface area (Å²) in [5.41, 5.74) is 4.71. The third kappa shape index (κ3) is 8.29. The van der Waals surface area contributed by atoms with Crippen LogP contribution < -0.4 is 15.4 Å². The van der Waals surface area contributed by atoms with Gasteiger partial charge in [0.1, 0.15) is 12.4 Å². The Morgan fingerprint density at radius 3 is 2.09 bits per heavy atom. The Bertz CT molecular complexity index is 1000. The quantitative estimate of drug-likeness (QED) is 0.221. The van der Waals surface area contributed by atoms with E-state index in [0.29, 0.717) is 13.2 Å². The van der Waals surface area contributed by atoms with Gasteiger partial charge >= 0.3 is 0 Å². The van der Waals surface area contributed by atoms with E-state index in [-0.39, 0.29) is 24.0 Å². The third-order valence-electron chi connectivity index (χ3n) is 5.81. The Morgan fingerprint density at radius 1 is 0.882 bits per heavy atom. The normalized spacial score (nSPS) is 13.9. The monoisotopic (exact) mass is 571 g/mol. The molecule has 1 saturated heterocycles. The fourth-order valence-electron chi connectivity index (χ4n) is 3.90. The lowest BCUT2D eigenvalue weighted by Crippen LogP contribution is -2.36. The average molecular weight is 572 g/mol. The maximum atomic E-state index is 5.81. The molecule has 2 N–H and O–H groups in total. The number of hydrogen-bond acceptors (Lipinski definition) is 4. The number of hydrogen-bond donors (Lipinski definition) is 2. The van der Waals surface area contributed by atoms with Crippen molar-refractivity contribution < 1.29 is 4.74 Å². The summed E-state index contributed by atoms with van der Waals surface area (Å²) >= 11 is 0. The average Bonchev–Trinajstić information content (AvgIpc) is 3.38. The van der Waals surface area contributed by atoms with Gasteiger partial charge in [0.25, 0.3) is 0 Å². The van der Waals surface area contributed by atoms with Gasteiger partial charge in [-0.2, -0.15) is 0 Å². The molecule has 0 atom stereocenters. The molecule has 180 valence electrons. The fourth-order valence-corrected chi connectivity index (χ4v) is 3.90. The molecule has 3 aromatic rings. The highest BCUT2D eigenvalue weighted by Crippen LogP contribution is 2.14. The maximum Gasteiger partial charge on any atom is 0.191 e. The predicted molar refractivity (Wildman–Crippen MR) is 148 cm³/mol. The van der Waals surface area contributed by atoms with Gasteiger partial charge in [0.05, 0.1) is 5.69 Å². The number of halogens is 1. The molecule has 6 nitrogen and oxygen atoms in total. The van der Waals surface area contributed by atoms with Crippen LogP contribution in [0.4, 0.5) is 0 Å². The smallest absolute Gasteiger partial charge is 0.191 e. The van der Waals surface area contributed by atoms with Crippen LogP contribution in [-0.4, -0.2) is 36.0 Å². The number of ether oxygens (including phenoxy) is 1. The van der Waals surface area contributed by atoms with Gasteiger partial charge in [0.15, 0.2) is 5.96 Å². The third-order valence-corrected chi connectivity index (χ3v) is 5.81. The van der Waals surface area contributed by atoms with Crippen LogP contribution in [-0.2, 0) is 26.2 Å². The Morgan fingerprint density at radius 2 is 1.50 bits per heavy atom. The molecule has 1 aliphatic rings. The first-order valence-electron chi connectivity index (χ1n) is 11.6. The lowest BCUT2D eigenvalue weighted by Gasteiger charge is -2.15. The Labute approximate surface area is 219 Å². The van der Waals surface area contributed by atoms with Crippen LogP contribution in [0.5, 0.6) is 5.75 Å². The second-order valence-electron chi connectivity index (χ2n) is 8.33. The van der Waals surface area contributed by atoms with Crippen molar-refractivity contribution >= 4 is 29.9 Å². The summed E-state index contributed by atoms with van der Waals surface area (Å²) in [6.45, 7) is 5.41. The van der Waals surface area contributed by atoms with Gasteiger partial charge < -0.3 is 15.4 Å². The Hall–Kier alpha value is -2.65. The van der Waals surface area contributed by atoms with Gasteiger partial charge in [0, 0.05) is 32.9 Å². The van der Waals surface area contributed by atoms with Crippen molar-refractivity contribution in [2.75, 3.05) is 20.1 Å². The first kappa shape index (κ1) is 26.0. The van der Waals surface area contributed by atoms with Crippen molar-refractivity contribution in [2.45, 2.75) is 39.1 Å². The van der Waals surface area contributed by atoms with Crippen molar-refractivity contribution in [3.8, 4) is 5.75 Å². The maximum absolute atomic E-state index is 5.81. The number of likely N-dealkylation sites (tertiary alicyclic amines) is 1. The van der Waals surface area contributed by atoms with E-state index in [4.69, 9.17) is 4.74 Å². The summed E-state index contributed by atoms with van der Waals surface area (Å²) in [7, 11) is 1.79. The molecule has 34 heavy (non-hydrogen) atoms. The van der Waals surface area contributed by atoms with E-state index in [9.17, 15) is 0 Å². The first-order valence-corrected chi connectivity index (χ1v) is 11.6. The van der Waals surface area contributed by atoms with Gasteiger partial charge in [-0.25, -0.2) is 0 Å². The number of guanidine groups is 1. The van der Waals surface area contributed by atoms with Crippen LogP contribution >= 0.6 is 24.0 Å². The number of aromatic nitrogens is 1. The van der Waals surface area contributed by atoms with Crippen molar-refractivity contribution in [1.82, 2.24) is 20.5 Å². The Balaban J connectivity index is 0.00000324. The van der Waals surface area contributed by atoms with Crippen LogP contribution in [0.1, 0.15) is 35.2 Å². The minimum absolute atomic E-state index is 0. The summed E-state index contributed by atoms with van der Waals surface area (Å²) in [5.74, 6) is 1.62. The largest absolute Gasteiger partial charge is 0.487 e. The molecule has 2 heterocycles. The summed E-state index contributed by atoms with van der Waals surface area (Å²) in [5, 5.41) is 6.77. The molecule has 0 aliphatic carbocycles. The van der Waals surface area contributed by atoms with E-state index in [1.54, 1.807) is 13.2 Å². The summed E-state index contributed by atoms with van der Waals surface area (Å²) < 4.78 is 5.81.